The molecular weight excluding hydrogens is 199 g/mol. The molecule has 0 unspecified atom stereocenters. The normalized spacial score (nSPS) is 10.3. The molecule has 3 nitrogen and oxygen atoms in total. The molecule has 0 heterocycles. The number of phenolic OH excluding ortho intramolecular Hbond substituents is 1. The predicted molar refractivity (Wildman–Crippen MR) is 53.4 cm³/mol. The van der Waals surface area contributed by atoms with Crippen LogP contribution in [-0.2, 0) is 11.2 Å². The van der Waals surface area contributed by atoms with Crippen LogP contribution in [0.1, 0.15) is 24.0 Å². The molecule has 15 heavy (non-hydrogen) atoms. The molecule has 0 fully saturated rings. The number of rotatable bonds is 4. The van der Waals surface area contributed by atoms with Crippen LogP contribution in [0.3, 0.4) is 0 Å². The highest BCUT2D eigenvalue weighted by molar-refractivity contribution is 5.66. The van der Waals surface area contributed by atoms with E-state index < -0.39 is 11.8 Å². The van der Waals surface area contributed by atoms with Gasteiger partial charge in [0.25, 0.3) is 0 Å². The second-order valence-corrected chi connectivity index (χ2v) is 3.50. The average molecular weight is 212 g/mol. The summed E-state index contributed by atoms with van der Waals surface area (Å²) in [5.41, 5.74) is 1.18. The highest BCUT2D eigenvalue weighted by atomic mass is 19.1. The summed E-state index contributed by atoms with van der Waals surface area (Å²) in [6.07, 6.45) is 0.789. The van der Waals surface area contributed by atoms with E-state index in [9.17, 15) is 14.3 Å². The number of aromatic hydroxyl groups is 1. The number of aliphatic carboxylic acids is 1. The van der Waals surface area contributed by atoms with Crippen LogP contribution in [-0.4, -0.2) is 16.2 Å². The first-order chi connectivity index (χ1) is 7.00. The lowest BCUT2D eigenvalue weighted by Crippen LogP contribution is -1.97. The van der Waals surface area contributed by atoms with Crippen LogP contribution in [0.4, 0.5) is 4.39 Å². The number of phenols is 1. The molecule has 0 bridgehead atoms. The van der Waals surface area contributed by atoms with Gasteiger partial charge in [-0.2, -0.15) is 0 Å². The Labute approximate surface area is 87.2 Å². The number of aryl methyl sites for hydroxylation is 2. The molecule has 1 aromatic rings. The highest BCUT2D eigenvalue weighted by Gasteiger charge is 2.08. The molecule has 1 rings (SSSR count). The Bertz CT molecular complexity index is 374. The maximum Gasteiger partial charge on any atom is 0.303 e. The first-order valence-electron chi connectivity index (χ1n) is 4.70. The molecule has 0 radical (unpaired) electrons. The van der Waals surface area contributed by atoms with Crippen molar-refractivity contribution in [1.82, 2.24) is 0 Å². The molecule has 0 amide bonds. The molecule has 0 aliphatic rings. The SMILES string of the molecule is Cc1cc(F)c(O)c(CCCC(=O)O)c1. The molecular formula is C11H13FO3. The van der Waals surface area contributed by atoms with E-state index in [1.165, 1.54) is 6.07 Å². The number of carbonyl (C=O) groups is 1. The van der Waals surface area contributed by atoms with E-state index in [1.807, 2.05) is 0 Å². The molecule has 0 spiro atoms. The third-order valence-electron chi connectivity index (χ3n) is 2.12. The maximum absolute atomic E-state index is 13.1. The lowest BCUT2D eigenvalue weighted by molar-refractivity contribution is -0.137. The molecule has 0 saturated carbocycles. The van der Waals surface area contributed by atoms with Gasteiger partial charge in [0.15, 0.2) is 11.6 Å². The van der Waals surface area contributed by atoms with Gasteiger partial charge in [-0.1, -0.05) is 6.07 Å². The summed E-state index contributed by atoms with van der Waals surface area (Å²) >= 11 is 0. The van der Waals surface area contributed by atoms with Crippen molar-refractivity contribution in [2.75, 3.05) is 0 Å². The minimum Gasteiger partial charge on any atom is -0.505 e. The van der Waals surface area contributed by atoms with Crippen LogP contribution in [0.2, 0.25) is 0 Å². The molecule has 0 atom stereocenters. The van der Waals surface area contributed by atoms with Gasteiger partial charge in [-0.05, 0) is 37.0 Å². The first-order valence-corrected chi connectivity index (χ1v) is 4.70. The van der Waals surface area contributed by atoms with Gasteiger partial charge < -0.3 is 10.2 Å². The Hall–Kier alpha value is -1.58. The standard InChI is InChI=1S/C11H13FO3/c1-7-5-8(3-2-4-10(13)14)11(15)9(12)6-7/h5-6,15H,2-4H2,1H3,(H,13,14). The minimum atomic E-state index is -0.886. The molecule has 82 valence electrons. The van der Waals surface area contributed by atoms with E-state index in [1.54, 1.807) is 13.0 Å². The van der Waals surface area contributed by atoms with Gasteiger partial charge in [0.1, 0.15) is 0 Å². The van der Waals surface area contributed by atoms with Crippen molar-refractivity contribution in [2.24, 2.45) is 0 Å². The summed E-state index contributed by atoms with van der Waals surface area (Å²) < 4.78 is 13.1. The number of hydrogen-bond acceptors (Lipinski definition) is 2. The third kappa shape index (κ3) is 3.23. The topological polar surface area (TPSA) is 57.5 Å². The summed E-state index contributed by atoms with van der Waals surface area (Å²) in [4.78, 5) is 10.3. The minimum absolute atomic E-state index is 0.0228. The van der Waals surface area contributed by atoms with Crippen molar-refractivity contribution >= 4 is 5.97 Å². The summed E-state index contributed by atoms with van der Waals surface area (Å²) in [6, 6.07) is 2.91. The number of carboxylic acids is 1. The molecule has 1 aromatic carbocycles. The smallest absolute Gasteiger partial charge is 0.303 e. The van der Waals surface area contributed by atoms with Crippen molar-refractivity contribution < 1.29 is 19.4 Å². The number of hydrogen-bond donors (Lipinski definition) is 2. The molecule has 0 aromatic heterocycles. The maximum atomic E-state index is 13.1. The Morgan fingerprint density at radius 1 is 1.47 bits per heavy atom. The highest BCUT2D eigenvalue weighted by Crippen LogP contribution is 2.24. The number of carboxylic acid groups (broad SMARTS) is 1. The van der Waals surface area contributed by atoms with E-state index in [0.717, 1.165) is 5.56 Å². The predicted octanol–water partition coefficient (Wildman–Crippen LogP) is 2.25. The van der Waals surface area contributed by atoms with Crippen molar-refractivity contribution in [3.05, 3.63) is 29.1 Å². The van der Waals surface area contributed by atoms with Crippen molar-refractivity contribution in [2.45, 2.75) is 26.2 Å². The van der Waals surface area contributed by atoms with Crippen LogP contribution >= 0.6 is 0 Å². The number of benzene rings is 1. The Kier molecular flexibility index (Phi) is 3.66. The van der Waals surface area contributed by atoms with E-state index in [4.69, 9.17) is 5.11 Å². The zero-order chi connectivity index (χ0) is 11.4. The Morgan fingerprint density at radius 2 is 2.13 bits per heavy atom. The fourth-order valence-corrected chi connectivity index (χ4v) is 1.43. The Morgan fingerprint density at radius 3 is 2.73 bits per heavy atom. The summed E-state index contributed by atoms with van der Waals surface area (Å²) in [5.74, 6) is -1.91. The zero-order valence-corrected chi connectivity index (χ0v) is 8.46. The van der Waals surface area contributed by atoms with Gasteiger partial charge in [-0.3, -0.25) is 4.79 Å². The molecule has 0 saturated heterocycles. The monoisotopic (exact) mass is 212 g/mol. The summed E-state index contributed by atoms with van der Waals surface area (Å²) in [5, 5.41) is 17.8. The Balaban J connectivity index is 2.72. The fourth-order valence-electron chi connectivity index (χ4n) is 1.43. The zero-order valence-electron chi connectivity index (χ0n) is 8.46. The van der Waals surface area contributed by atoms with E-state index in [-0.39, 0.29) is 12.2 Å². The van der Waals surface area contributed by atoms with Crippen LogP contribution in [0.5, 0.6) is 5.75 Å². The van der Waals surface area contributed by atoms with E-state index >= 15 is 0 Å². The molecule has 4 heteroatoms. The van der Waals surface area contributed by atoms with Gasteiger partial charge in [-0.15, -0.1) is 0 Å². The van der Waals surface area contributed by atoms with Gasteiger partial charge >= 0.3 is 5.97 Å². The second kappa shape index (κ2) is 4.77. The van der Waals surface area contributed by atoms with Gasteiger partial charge in [0, 0.05) is 6.42 Å². The van der Waals surface area contributed by atoms with Crippen LogP contribution in [0.15, 0.2) is 12.1 Å². The third-order valence-corrected chi connectivity index (χ3v) is 2.12. The van der Waals surface area contributed by atoms with Crippen LogP contribution in [0.25, 0.3) is 0 Å². The van der Waals surface area contributed by atoms with Crippen molar-refractivity contribution in [1.29, 1.82) is 0 Å². The van der Waals surface area contributed by atoms with E-state index in [2.05, 4.69) is 0 Å². The van der Waals surface area contributed by atoms with Crippen molar-refractivity contribution in [3.8, 4) is 5.75 Å². The molecule has 2 N–H and O–H groups in total. The van der Waals surface area contributed by atoms with Gasteiger partial charge in [0.2, 0.25) is 0 Å². The molecule has 0 aliphatic carbocycles. The summed E-state index contributed by atoms with van der Waals surface area (Å²) in [7, 11) is 0. The number of halogens is 1. The van der Waals surface area contributed by atoms with Crippen LogP contribution in [0, 0.1) is 12.7 Å². The average Bonchev–Trinajstić information content (AvgIpc) is 2.12. The lowest BCUT2D eigenvalue weighted by atomic mass is 10.0. The quantitative estimate of drug-likeness (QED) is 0.804. The van der Waals surface area contributed by atoms with Gasteiger partial charge in [-0.25, -0.2) is 4.39 Å². The molecule has 0 aliphatic heterocycles. The van der Waals surface area contributed by atoms with Crippen LogP contribution < -0.4 is 0 Å². The second-order valence-electron chi connectivity index (χ2n) is 3.50. The largest absolute Gasteiger partial charge is 0.505 e. The first kappa shape index (κ1) is 11.5. The fraction of sp³-hybridized carbons (Fsp3) is 0.364. The lowest BCUT2D eigenvalue weighted by Gasteiger charge is -2.06. The van der Waals surface area contributed by atoms with Crippen molar-refractivity contribution in [3.63, 3.8) is 0 Å². The summed E-state index contributed by atoms with van der Waals surface area (Å²) in [6.45, 7) is 1.73. The van der Waals surface area contributed by atoms with Gasteiger partial charge in [0.05, 0.1) is 0 Å². The van der Waals surface area contributed by atoms with E-state index in [0.29, 0.717) is 18.4 Å².